The van der Waals surface area contributed by atoms with Crippen LogP contribution in [0.25, 0.3) is 11.6 Å². The molecule has 7 nitrogen and oxygen atoms in total. The molecule has 0 saturated carbocycles. The molecule has 0 saturated heterocycles. The molecule has 1 N–H and O–H groups in total. The molecule has 0 atom stereocenters. The zero-order chi connectivity index (χ0) is 20.8. The Morgan fingerprint density at radius 3 is 2.48 bits per heavy atom. The quantitative estimate of drug-likeness (QED) is 0.338. The van der Waals surface area contributed by atoms with Gasteiger partial charge in [-0.25, -0.2) is 14.8 Å². The lowest BCUT2D eigenvalue weighted by Gasteiger charge is -2.11. The van der Waals surface area contributed by atoms with E-state index in [1.807, 2.05) is 18.4 Å². The van der Waals surface area contributed by atoms with Crippen LogP contribution >= 0.6 is 23.5 Å². The van der Waals surface area contributed by atoms with Crippen LogP contribution in [0.2, 0.25) is 0 Å². The monoisotopic (exact) mass is 429 g/mol. The summed E-state index contributed by atoms with van der Waals surface area (Å²) < 4.78 is 10.5. The maximum atomic E-state index is 12.6. The van der Waals surface area contributed by atoms with E-state index in [4.69, 9.17) is 9.15 Å². The summed E-state index contributed by atoms with van der Waals surface area (Å²) in [5.74, 6) is -0.174. The number of rotatable bonds is 7. The Morgan fingerprint density at radius 1 is 1.10 bits per heavy atom. The van der Waals surface area contributed by atoms with E-state index in [2.05, 4.69) is 15.3 Å². The van der Waals surface area contributed by atoms with Gasteiger partial charge >= 0.3 is 5.97 Å². The van der Waals surface area contributed by atoms with E-state index in [0.717, 1.165) is 4.90 Å². The van der Waals surface area contributed by atoms with Crippen molar-refractivity contribution in [3.63, 3.8) is 0 Å². The minimum Gasteiger partial charge on any atom is -0.461 e. The molecule has 3 aromatic rings. The van der Waals surface area contributed by atoms with Crippen LogP contribution in [-0.2, 0) is 9.53 Å². The number of ether oxygens (including phenoxy) is 1. The van der Waals surface area contributed by atoms with Gasteiger partial charge in [-0.3, -0.25) is 4.79 Å². The standard InChI is InChI=1S/C20H19N3O4S2/c1-12-17(19(29-3)23-18(21-12)15-5-4-10-26-15)20(25)27-11-16(24)22-13-6-8-14(28-2)9-7-13/h4-10H,11H2,1-3H3,(H,22,24). The van der Waals surface area contributed by atoms with Crippen molar-refractivity contribution < 1.29 is 18.7 Å². The third kappa shape index (κ3) is 5.18. The number of anilines is 1. The summed E-state index contributed by atoms with van der Waals surface area (Å²) in [4.78, 5) is 34.5. The van der Waals surface area contributed by atoms with E-state index >= 15 is 0 Å². The number of amides is 1. The molecule has 0 unspecified atom stereocenters. The molecule has 0 radical (unpaired) electrons. The molecule has 0 aliphatic carbocycles. The van der Waals surface area contributed by atoms with Gasteiger partial charge < -0.3 is 14.5 Å². The van der Waals surface area contributed by atoms with E-state index in [0.29, 0.717) is 28.0 Å². The minimum atomic E-state index is -0.647. The number of nitrogens with zero attached hydrogens (tertiary/aromatic N) is 2. The fraction of sp³-hybridized carbons (Fsp3) is 0.200. The summed E-state index contributed by atoms with van der Waals surface area (Å²) >= 11 is 2.90. The van der Waals surface area contributed by atoms with Gasteiger partial charge in [0.1, 0.15) is 10.6 Å². The number of esters is 1. The number of aryl methyl sites for hydroxylation is 1. The number of thioether (sulfide) groups is 2. The predicted molar refractivity (Wildman–Crippen MR) is 113 cm³/mol. The van der Waals surface area contributed by atoms with Crippen molar-refractivity contribution in [1.82, 2.24) is 9.97 Å². The third-order valence-corrected chi connectivity index (χ3v) is 5.33. The normalized spacial score (nSPS) is 10.6. The molecule has 3 rings (SSSR count). The zero-order valence-corrected chi connectivity index (χ0v) is 17.7. The van der Waals surface area contributed by atoms with Crippen LogP contribution in [0.1, 0.15) is 16.1 Å². The summed E-state index contributed by atoms with van der Waals surface area (Å²) in [6.45, 7) is 1.29. The Labute approximate surface area is 176 Å². The maximum absolute atomic E-state index is 12.6. The number of furan rings is 1. The Bertz CT molecular complexity index is 1010. The van der Waals surface area contributed by atoms with Crippen molar-refractivity contribution >= 4 is 41.1 Å². The lowest BCUT2D eigenvalue weighted by molar-refractivity contribution is -0.119. The van der Waals surface area contributed by atoms with E-state index in [-0.39, 0.29) is 5.56 Å². The molecule has 0 spiro atoms. The smallest absolute Gasteiger partial charge is 0.343 e. The lowest BCUT2D eigenvalue weighted by atomic mass is 10.2. The van der Waals surface area contributed by atoms with Gasteiger partial charge in [0.2, 0.25) is 0 Å². The van der Waals surface area contributed by atoms with Gasteiger partial charge in [0.05, 0.1) is 12.0 Å². The van der Waals surface area contributed by atoms with Crippen LogP contribution in [0.3, 0.4) is 0 Å². The maximum Gasteiger partial charge on any atom is 0.343 e. The van der Waals surface area contributed by atoms with Gasteiger partial charge in [-0.2, -0.15) is 0 Å². The fourth-order valence-electron chi connectivity index (χ4n) is 2.52. The summed E-state index contributed by atoms with van der Waals surface area (Å²) in [5.41, 5.74) is 1.33. The first-order chi connectivity index (χ1) is 14.0. The zero-order valence-electron chi connectivity index (χ0n) is 16.1. The van der Waals surface area contributed by atoms with Gasteiger partial charge in [-0.15, -0.1) is 23.5 Å². The Kier molecular flexibility index (Phi) is 6.95. The third-order valence-electron chi connectivity index (χ3n) is 3.90. The number of carbonyl (C=O) groups is 2. The number of nitrogens with one attached hydrogen (secondary N) is 1. The van der Waals surface area contributed by atoms with Crippen molar-refractivity contribution in [2.24, 2.45) is 0 Å². The number of benzene rings is 1. The van der Waals surface area contributed by atoms with Crippen LogP contribution in [0, 0.1) is 6.92 Å². The minimum absolute atomic E-state index is 0.241. The molecular weight excluding hydrogens is 410 g/mol. The van der Waals surface area contributed by atoms with Crippen LogP contribution in [0.5, 0.6) is 0 Å². The van der Waals surface area contributed by atoms with Crippen LogP contribution in [0.4, 0.5) is 5.69 Å². The molecule has 2 aromatic heterocycles. The van der Waals surface area contributed by atoms with Crippen molar-refractivity contribution in [3.05, 3.63) is 53.9 Å². The van der Waals surface area contributed by atoms with Crippen LogP contribution in [-0.4, -0.2) is 41.0 Å². The molecule has 2 heterocycles. The highest BCUT2D eigenvalue weighted by atomic mass is 32.2. The van der Waals surface area contributed by atoms with Gasteiger partial charge in [0, 0.05) is 10.6 Å². The Hall–Kier alpha value is -2.78. The summed E-state index contributed by atoms with van der Waals surface area (Å²) in [5, 5.41) is 3.16. The van der Waals surface area contributed by atoms with E-state index in [9.17, 15) is 9.59 Å². The molecule has 0 fully saturated rings. The van der Waals surface area contributed by atoms with Crippen molar-refractivity contribution in [2.45, 2.75) is 16.8 Å². The van der Waals surface area contributed by atoms with Crippen LogP contribution < -0.4 is 5.32 Å². The largest absolute Gasteiger partial charge is 0.461 e. The second-order valence-corrected chi connectivity index (χ2v) is 7.52. The highest BCUT2D eigenvalue weighted by Gasteiger charge is 2.22. The van der Waals surface area contributed by atoms with Crippen LogP contribution in [0.15, 0.2) is 57.0 Å². The molecule has 0 bridgehead atoms. The first-order valence-electron chi connectivity index (χ1n) is 8.59. The summed E-state index contributed by atoms with van der Waals surface area (Å²) in [6, 6.07) is 10.9. The van der Waals surface area contributed by atoms with Crippen molar-refractivity contribution in [2.75, 3.05) is 24.4 Å². The Morgan fingerprint density at radius 2 is 1.86 bits per heavy atom. The predicted octanol–water partition coefficient (Wildman–Crippen LogP) is 4.28. The van der Waals surface area contributed by atoms with E-state index < -0.39 is 18.5 Å². The fourth-order valence-corrected chi connectivity index (χ4v) is 3.54. The topological polar surface area (TPSA) is 94.3 Å². The number of hydrogen-bond acceptors (Lipinski definition) is 8. The first kappa shape index (κ1) is 20.9. The highest BCUT2D eigenvalue weighted by Crippen LogP contribution is 2.25. The highest BCUT2D eigenvalue weighted by molar-refractivity contribution is 7.98. The van der Waals surface area contributed by atoms with Gasteiger partial charge in [-0.1, -0.05) is 0 Å². The second-order valence-electron chi connectivity index (χ2n) is 5.85. The molecule has 29 heavy (non-hydrogen) atoms. The summed E-state index contributed by atoms with van der Waals surface area (Å²) in [6.07, 6.45) is 5.31. The number of hydrogen-bond donors (Lipinski definition) is 1. The summed E-state index contributed by atoms with van der Waals surface area (Å²) in [7, 11) is 0. The molecule has 9 heteroatoms. The molecular formula is C20H19N3O4S2. The Balaban J connectivity index is 1.67. The number of aromatic nitrogens is 2. The first-order valence-corrected chi connectivity index (χ1v) is 11.0. The lowest BCUT2D eigenvalue weighted by Crippen LogP contribution is -2.22. The van der Waals surface area contributed by atoms with E-state index in [1.165, 1.54) is 18.0 Å². The average molecular weight is 430 g/mol. The van der Waals surface area contributed by atoms with Gasteiger partial charge in [0.15, 0.2) is 18.2 Å². The molecule has 0 aliphatic heterocycles. The van der Waals surface area contributed by atoms with E-state index in [1.54, 1.807) is 49.2 Å². The molecule has 1 amide bonds. The van der Waals surface area contributed by atoms with Gasteiger partial charge in [-0.05, 0) is 55.8 Å². The molecule has 1 aromatic carbocycles. The second kappa shape index (κ2) is 9.62. The average Bonchev–Trinajstić information content (AvgIpc) is 3.27. The molecule has 0 aliphatic rings. The van der Waals surface area contributed by atoms with Crippen molar-refractivity contribution in [3.8, 4) is 11.6 Å². The van der Waals surface area contributed by atoms with Gasteiger partial charge in [0.25, 0.3) is 5.91 Å². The number of carbonyl (C=O) groups excluding carboxylic acids is 2. The molecule has 150 valence electrons. The SMILES string of the molecule is CSc1ccc(NC(=O)COC(=O)c2c(C)nc(-c3ccco3)nc2SC)cc1. The van der Waals surface area contributed by atoms with Crippen molar-refractivity contribution in [1.29, 1.82) is 0 Å².